The molecule has 4 rings (SSSR count). The van der Waals surface area contributed by atoms with Crippen LogP contribution in [0.15, 0.2) is 41.2 Å². The van der Waals surface area contributed by atoms with E-state index >= 15 is 0 Å². The number of hydrogen-bond acceptors (Lipinski definition) is 4. The molecule has 1 N–H and O–H groups in total. The van der Waals surface area contributed by atoms with Gasteiger partial charge < -0.3 is 14.8 Å². The molecule has 6 nitrogen and oxygen atoms in total. The number of amides is 2. The SMILES string of the molecule is CSCC(=O)Nc1ccc2n(c1=O)C[C@H]1C[C@@H]2CN(C(=O)c2ccc(F)cc2)C1. The van der Waals surface area contributed by atoms with Gasteiger partial charge in [-0.1, -0.05) is 0 Å². The summed E-state index contributed by atoms with van der Waals surface area (Å²) in [4.78, 5) is 39.4. The fourth-order valence-corrected chi connectivity index (χ4v) is 4.63. The van der Waals surface area contributed by atoms with Crippen LogP contribution in [0.2, 0.25) is 0 Å². The minimum Gasteiger partial charge on any atom is -0.338 e. The maximum Gasteiger partial charge on any atom is 0.274 e. The van der Waals surface area contributed by atoms with Crippen LogP contribution in [0.25, 0.3) is 0 Å². The van der Waals surface area contributed by atoms with E-state index in [9.17, 15) is 18.8 Å². The van der Waals surface area contributed by atoms with E-state index in [1.807, 2.05) is 12.3 Å². The van der Waals surface area contributed by atoms with Gasteiger partial charge in [-0.25, -0.2) is 4.39 Å². The van der Waals surface area contributed by atoms with E-state index < -0.39 is 0 Å². The predicted octanol–water partition coefficient (Wildman–Crippen LogP) is 2.55. The Morgan fingerprint density at radius 3 is 2.62 bits per heavy atom. The lowest BCUT2D eigenvalue weighted by Crippen LogP contribution is -2.49. The molecule has 0 saturated carbocycles. The predicted molar refractivity (Wildman–Crippen MR) is 111 cm³/mol. The number of thioether (sulfide) groups is 1. The zero-order chi connectivity index (χ0) is 20.5. The zero-order valence-electron chi connectivity index (χ0n) is 16.1. The Kier molecular flexibility index (Phi) is 5.45. The highest BCUT2D eigenvalue weighted by Gasteiger charge is 2.37. The first-order chi connectivity index (χ1) is 14.0. The highest BCUT2D eigenvalue weighted by atomic mass is 32.2. The Balaban J connectivity index is 1.56. The number of aromatic nitrogens is 1. The molecule has 1 saturated heterocycles. The number of anilines is 1. The van der Waals surface area contributed by atoms with Crippen LogP contribution < -0.4 is 10.9 Å². The molecule has 2 atom stereocenters. The van der Waals surface area contributed by atoms with Gasteiger partial charge in [0.05, 0.1) is 5.75 Å². The van der Waals surface area contributed by atoms with Gasteiger partial charge >= 0.3 is 0 Å². The molecular weight excluding hydrogens is 393 g/mol. The van der Waals surface area contributed by atoms with Gasteiger partial charge in [0.2, 0.25) is 5.91 Å². The van der Waals surface area contributed by atoms with Gasteiger partial charge in [-0.05, 0) is 55.0 Å². The summed E-state index contributed by atoms with van der Waals surface area (Å²) in [5.74, 6) is -0.145. The monoisotopic (exact) mass is 415 g/mol. The van der Waals surface area contributed by atoms with E-state index in [1.165, 1.54) is 36.0 Å². The van der Waals surface area contributed by atoms with Crippen molar-refractivity contribution >= 4 is 29.3 Å². The lowest BCUT2D eigenvalue weighted by Gasteiger charge is -2.43. The number of benzene rings is 1. The summed E-state index contributed by atoms with van der Waals surface area (Å²) >= 11 is 1.40. The lowest BCUT2D eigenvalue weighted by atomic mass is 9.83. The van der Waals surface area contributed by atoms with Crippen molar-refractivity contribution in [2.75, 3.05) is 30.4 Å². The Morgan fingerprint density at radius 2 is 1.90 bits per heavy atom. The molecule has 152 valence electrons. The molecule has 0 aliphatic carbocycles. The van der Waals surface area contributed by atoms with Crippen molar-refractivity contribution in [2.24, 2.45) is 5.92 Å². The first-order valence-electron chi connectivity index (χ1n) is 9.53. The van der Waals surface area contributed by atoms with Crippen LogP contribution in [0.3, 0.4) is 0 Å². The number of carbonyl (C=O) groups is 2. The summed E-state index contributed by atoms with van der Waals surface area (Å²) in [6, 6.07) is 9.13. The molecule has 1 aromatic carbocycles. The van der Waals surface area contributed by atoms with Crippen molar-refractivity contribution in [3.8, 4) is 0 Å². The normalized spacial score (nSPS) is 20.1. The van der Waals surface area contributed by atoms with Gasteiger partial charge in [0, 0.05) is 36.8 Å². The molecular formula is C21H22FN3O3S. The van der Waals surface area contributed by atoms with Crippen molar-refractivity contribution in [1.29, 1.82) is 0 Å². The molecule has 0 spiro atoms. The van der Waals surface area contributed by atoms with Crippen LogP contribution in [0.5, 0.6) is 0 Å². The second-order valence-electron chi connectivity index (χ2n) is 7.58. The Morgan fingerprint density at radius 1 is 1.14 bits per heavy atom. The Hall–Kier alpha value is -2.61. The number of carbonyl (C=O) groups excluding carboxylic acids is 2. The van der Waals surface area contributed by atoms with E-state index in [4.69, 9.17) is 0 Å². The highest BCUT2D eigenvalue weighted by molar-refractivity contribution is 7.99. The van der Waals surface area contributed by atoms with Crippen LogP contribution in [0, 0.1) is 11.7 Å². The average Bonchev–Trinajstić information content (AvgIpc) is 2.70. The number of rotatable bonds is 4. The first-order valence-corrected chi connectivity index (χ1v) is 10.9. The number of nitrogens with one attached hydrogen (secondary N) is 1. The molecule has 0 unspecified atom stereocenters. The van der Waals surface area contributed by atoms with Crippen molar-refractivity contribution < 1.29 is 14.0 Å². The lowest BCUT2D eigenvalue weighted by molar-refractivity contribution is -0.113. The minimum absolute atomic E-state index is 0.0653. The quantitative estimate of drug-likeness (QED) is 0.833. The van der Waals surface area contributed by atoms with Crippen LogP contribution in [-0.4, -0.2) is 46.4 Å². The molecule has 2 aliphatic heterocycles. The zero-order valence-corrected chi connectivity index (χ0v) is 16.9. The number of pyridine rings is 1. The molecule has 2 aromatic rings. The van der Waals surface area contributed by atoms with Crippen molar-refractivity contribution in [3.05, 3.63) is 63.8 Å². The minimum atomic E-state index is -0.370. The molecule has 2 bridgehead atoms. The maximum atomic E-state index is 13.2. The molecule has 29 heavy (non-hydrogen) atoms. The van der Waals surface area contributed by atoms with E-state index in [0.717, 1.165) is 12.1 Å². The molecule has 2 amide bonds. The number of fused-ring (bicyclic) bond motifs is 4. The second-order valence-corrected chi connectivity index (χ2v) is 8.45. The van der Waals surface area contributed by atoms with E-state index in [0.29, 0.717) is 36.6 Å². The fourth-order valence-electron chi connectivity index (χ4n) is 4.30. The molecule has 2 aliphatic rings. The summed E-state index contributed by atoms with van der Waals surface area (Å²) < 4.78 is 14.9. The number of piperidine rings is 1. The van der Waals surface area contributed by atoms with Gasteiger partial charge in [0.25, 0.3) is 11.5 Å². The molecule has 1 fully saturated rings. The summed E-state index contributed by atoms with van der Waals surface area (Å²) in [5.41, 5.74) is 1.47. The Bertz CT molecular complexity index is 1010. The van der Waals surface area contributed by atoms with E-state index in [1.54, 1.807) is 15.5 Å². The van der Waals surface area contributed by atoms with Gasteiger partial charge in [0.15, 0.2) is 0 Å². The summed E-state index contributed by atoms with van der Waals surface area (Å²) in [6.07, 6.45) is 2.75. The smallest absolute Gasteiger partial charge is 0.274 e. The summed E-state index contributed by atoms with van der Waals surface area (Å²) in [7, 11) is 0. The van der Waals surface area contributed by atoms with E-state index in [-0.39, 0.29) is 35.0 Å². The van der Waals surface area contributed by atoms with Crippen LogP contribution >= 0.6 is 11.8 Å². The topological polar surface area (TPSA) is 71.4 Å². The van der Waals surface area contributed by atoms with Crippen LogP contribution in [0.1, 0.15) is 28.4 Å². The van der Waals surface area contributed by atoms with Crippen LogP contribution in [0.4, 0.5) is 10.1 Å². The van der Waals surface area contributed by atoms with Crippen molar-refractivity contribution in [1.82, 2.24) is 9.47 Å². The Labute approximate surface area is 172 Å². The van der Waals surface area contributed by atoms with Gasteiger partial charge in [-0.15, -0.1) is 0 Å². The van der Waals surface area contributed by atoms with Gasteiger partial charge in [0.1, 0.15) is 11.5 Å². The third-order valence-electron chi connectivity index (χ3n) is 5.53. The van der Waals surface area contributed by atoms with Crippen molar-refractivity contribution in [2.45, 2.75) is 18.9 Å². The average molecular weight is 415 g/mol. The molecule has 3 heterocycles. The molecule has 8 heteroatoms. The standard InChI is InChI=1S/C21H22FN3O3S/c1-29-12-19(26)23-17-6-7-18-15-8-13(10-25(18)21(17)28)9-24(11-15)20(27)14-2-4-16(22)5-3-14/h2-7,13,15H,8-12H2,1H3,(H,23,26)/t13-,15+/m0/s1. The maximum absolute atomic E-state index is 13.2. The fraction of sp³-hybridized carbons (Fsp3) is 0.381. The third-order valence-corrected chi connectivity index (χ3v) is 6.08. The highest BCUT2D eigenvalue weighted by Crippen LogP contribution is 2.36. The second kappa shape index (κ2) is 8.02. The number of halogens is 1. The van der Waals surface area contributed by atoms with Gasteiger partial charge in [-0.2, -0.15) is 11.8 Å². The number of hydrogen-bond donors (Lipinski definition) is 1. The van der Waals surface area contributed by atoms with Gasteiger partial charge in [-0.3, -0.25) is 14.4 Å². The molecule has 1 aromatic heterocycles. The molecule has 0 radical (unpaired) electrons. The largest absolute Gasteiger partial charge is 0.338 e. The van der Waals surface area contributed by atoms with Crippen LogP contribution in [-0.2, 0) is 11.3 Å². The first kappa shape index (κ1) is 19.7. The summed E-state index contributed by atoms with van der Waals surface area (Å²) in [5, 5.41) is 2.69. The van der Waals surface area contributed by atoms with E-state index in [2.05, 4.69) is 5.32 Å². The summed E-state index contributed by atoms with van der Waals surface area (Å²) in [6.45, 7) is 1.59. The third kappa shape index (κ3) is 3.94. The van der Waals surface area contributed by atoms with Crippen molar-refractivity contribution in [3.63, 3.8) is 0 Å². The number of nitrogens with zero attached hydrogens (tertiary/aromatic N) is 2. The number of likely N-dealkylation sites (tertiary alicyclic amines) is 1.